The molecule has 0 aromatic heterocycles. The summed E-state index contributed by atoms with van der Waals surface area (Å²) in [4.78, 5) is 14.6. The molecule has 4 aliphatic rings. The molecule has 12 aromatic rings. The van der Waals surface area contributed by atoms with E-state index in [0.29, 0.717) is 0 Å². The second-order valence-electron chi connectivity index (χ2n) is 20.8. The zero-order valence-electron chi connectivity index (χ0n) is 44.4. The normalized spacial score (nSPS) is 13.2. The Balaban J connectivity index is 0.980. The highest BCUT2D eigenvalue weighted by atomic mass is 32.2. The Morgan fingerprint density at radius 2 is 0.610 bits per heavy atom. The van der Waals surface area contributed by atoms with Crippen LogP contribution in [0.25, 0.3) is 0 Å². The van der Waals surface area contributed by atoms with Crippen LogP contribution in [0.4, 0.5) is 85.3 Å². The van der Waals surface area contributed by atoms with Gasteiger partial charge in [0, 0.05) is 89.9 Å². The summed E-state index contributed by atoms with van der Waals surface area (Å²) in [7, 11) is 0. The van der Waals surface area contributed by atoms with Crippen LogP contribution in [-0.4, -0.2) is 12.0 Å². The molecule has 0 radical (unpaired) electrons. The highest BCUT2D eigenvalue weighted by Gasteiger charge is 2.46. The summed E-state index contributed by atoms with van der Waals surface area (Å²) < 4.78 is 7.69. The van der Waals surface area contributed by atoms with Crippen molar-refractivity contribution in [3.8, 4) is 11.5 Å². The molecule has 0 N–H and O–H groups in total. The minimum absolute atomic E-state index is 0.131. The molecule has 0 atom stereocenters. The third-order valence-electron chi connectivity index (χ3n) is 16.0. The van der Waals surface area contributed by atoms with E-state index in [1.54, 1.807) is 0 Å². The van der Waals surface area contributed by atoms with Crippen molar-refractivity contribution in [2.24, 2.45) is 0 Å². The van der Waals surface area contributed by atoms with Crippen LogP contribution >= 0.6 is 23.2 Å². The minimum Gasteiger partial charge on any atom is -0.458 e. The molecule has 4 heterocycles. The van der Waals surface area contributed by atoms with Gasteiger partial charge < -0.3 is 29.2 Å². The smallest absolute Gasteiger partial charge is 0.291 e. The highest BCUT2D eigenvalue weighted by molar-refractivity contribution is 8.28. The van der Waals surface area contributed by atoms with Crippen LogP contribution in [0.1, 0.15) is 0 Å². The number of fused-ring (bicyclic) bond motifs is 6. The number of ether oxygens (including phenoxy) is 1. The SMILES string of the molecule is c1ccc(N(c2ccccc2)c2cc3c4c(c2)N(c2ccccc2)c2ccccc2SB4c2cc4c(cc2O3)N(c2ccccc2)c2cc(N(c3ccccc3)c3ccccc3)cc3c2B4Sc2ccccc2N3c2ccccc2)cc1. The lowest BCUT2D eigenvalue weighted by atomic mass is 9.53. The van der Waals surface area contributed by atoms with E-state index in [-0.39, 0.29) is 12.0 Å². The Kier molecular flexibility index (Phi) is 11.8. The molecule has 4 aliphatic heterocycles. The van der Waals surface area contributed by atoms with E-state index in [2.05, 4.69) is 322 Å². The van der Waals surface area contributed by atoms with Crippen LogP contribution in [0, 0.1) is 0 Å². The fraction of sp³-hybridized carbons (Fsp3) is 0. The molecule has 0 spiro atoms. The largest absolute Gasteiger partial charge is 0.458 e. The lowest BCUT2D eigenvalue weighted by Crippen LogP contribution is -2.52. The molecule has 16 rings (SSSR count). The van der Waals surface area contributed by atoms with Gasteiger partial charge in [-0.2, -0.15) is 23.2 Å². The maximum atomic E-state index is 7.69. The van der Waals surface area contributed by atoms with Gasteiger partial charge in [0.2, 0.25) is 0 Å². The number of hydrogen-bond donors (Lipinski definition) is 0. The van der Waals surface area contributed by atoms with Gasteiger partial charge in [-0.05, 0) is 144 Å². The van der Waals surface area contributed by atoms with E-state index in [1.807, 2.05) is 23.2 Å². The lowest BCUT2D eigenvalue weighted by molar-refractivity contribution is 0.488. The molecule has 82 heavy (non-hydrogen) atoms. The van der Waals surface area contributed by atoms with Gasteiger partial charge in [0.05, 0.1) is 22.7 Å². The van der Waals surface area contributed by atoms with Crippen molar-refractivity contribution in [2.45, 2.75) is 9.79 Å². The maximum Gasteiger partial charge on any atom is 0.291 e. The zero-order chi connectivity index (χ0) is 54.1. The molecule has 0 unspecified atom stereocenters. The molecule has 0 bridgehead atoms. The summed E-state index contributed by atoms with van der Waals surface area (Å²) in [5, 5.41) is 0. The molecule has 12 aromatic carbocycles. The van der Waals surface area contributed by atoms with Crippen molar-refractivity contribution in [1.29, 1.82) is 0 Å². The summed E-state index contributed by atoms with van der Waals surface area (Å²) in [5.41, 5.74) is 20.9. The van der Waals surface area contributed by atoms with Gasteiger partial charge in [-0.1, -0.05) is 158 Å². The molecular weight excluding hydrogens is 1040 g/mol. The van der Waals surface area contributed by atoms with E-state index in [0.717, 1.165) is 108 Å². The standard InChI is InChI=1S/C72H49B2N5OS2/c1-8-26-50(27-9-1)75(51-28-10-2-11-29-51)57-44-64-71-65(45-57)79(56-38-20-7-21-39-56)63-49-67-60(48-59(63)73(71)81-69-42-24-22-40-61(69)77(64)54-34-16-5-17-35-54)74-72-66(78(55-36-18-6-19-37-55)62-41-23-25-43-70(62)82-74)46-58(47-68(72)80-67)76(52-30-12-3-13-31-52)53-32-14-4-15-33-53/h1-49H. The predicted molar refractivity (Wildman–Crippen MR) is 348 cm³/mol. The van der Waals surface area contributed by atoms with E-state index >= 15 is 0 Å². The first-order valence-corrected chi connectivity index (χ1v) is 29.5. The molecule has 10 heteroatoms. The molecule has 0 amide bonds. The molecule has 0 saturated heterocycles. The number of rotatable bonds is 9. The van der Waals surface area contributed by atoms with Gasteiger partial charge in [0.25, 0.3) is 12.0 Å². The third kappa shape index (κ3) is 8.08. The van der Waals surface area contributed by atoms with Crippen molar-refractivity contribution in [2.75, 3.05) is 24.5 Å². The minimum atomic E-state index is -0.146. The van der Waals surface area contributed by atoms with Crippen LogP contribution in [0.15, 0.2) is 307 Å². The van der Waals surface area contributed by atoms with Gasteiger partial charge in [-0.25, -0.2) is 0 Å². The Labute approximate surface area is 487 Å². The van der Waals surface area contributed by atoms with Crippen molar-refractivity contribution in [1.82, 2.24) is 0 Å². The third-order valence-corrected chi connectivity index (χ3v) is 18.6. The van der Waals surface area contributed by atoms with Gasteiger partial charge >= 0.3 is 0 Å². The van der Waals surface area contributed by atoms with Gasteiger partial charge in [0.15, 0.2) is 0 Å². The number of para-hydroxylation sites is 9. The number of hydrogen-bond acceptors (Lipinski definition) is 8. The number of benzene rings is 12. The number of anilines is 15. The predicted octanol–water partition coefficient (Wildman–Crippen LogP) is 17.9. The fourth-order valence-electron chi connectivity index (χ4n) is 12.5. The molecular formula is C72H49B2N5OS2. The van der Waals surface area contributed by atoms with Crippen LogP contribution in [-0.2, 0) is 0 Å². The summed E-state index contributed by atoms with van der Waals surface area (Å²) in [6.07, 6.45) is 0. The first-order valence-electron chi connectivity index (χ1n) is 27.8. The first-order chi connectivity index (χ1) is 40.7. The topological polar surface area (TPSA) is 25.4 Å². The molecule has 0 aliphatic carbocycles. The second kappa shape index (κ2) is 20.1. The Morgan fingerprint density at radius 3 is 1.04 bits per heavy atom. The van der Waals surface area contributed by atoms with Crippen LogP contribution < -0.4 is 51.1 Å². The van der Waals surface area contributed by atoms with E-state index in [4.69, 9.17) is 4.74 Å². The quantitative estimate of drug-likeness (QED) is 0.132. The molecule has 0 saturated carbocycles. The van der Waals surface area contributed by atoms with E-state index in [9.17, 15) is 0 Å². The second-order valence-corrected chi connectivity index (χ2v) is 23.1. The zero-order valence-corrected chi connectivity index (χ0v) is 46.0. The van der Waals surface area contributed by atoms with Crippen LogP contribution in [0.3, 0.4) is 0 Å². The summed E-state index contributed by atoms with van der Waals surface area (Å²) in [6.45, 7) is 0. The maximum absolute atomic E-state index is 7.69. The van der Waals surface area contributed by atoms with Gasteiger partial charge in [-0.15, -0.1) is 0 Å². The summed E-state index contributed by atoms with van der Waals surface area (Å²) >= 11 is 3.86. The van der Waals surface area contributed by atoms with E-state index in [1.165, 1.54) is 20.7 Å². The molecule has 0 fully saturated rings. The van der Waals surface area contributed by atoms with Crippen molar-refractivity contribution < 1.29 is 4.74 Å². The highest BCUT2D eigenvalue weighted by Crippen LogP contribution is 2.54. The Hall–Kier alpha value is -9.73. The Bertz CT molecular complexity index is 4280. The van der Waals surface area contributed by atoms with Crippen molar-refractivity contribution in [3.05, 3.63) is 297 Å². The van der Waals surface area contributed by atoms with Crippen molar-refractivity contribution >= 4 is 142 Å². The Morgan fingerprint density at radius 1 is 0.268 bits per heavy atom. The fourth-order valence-corrected chi connectivity index (χ4v) is 15.2. The van der Waals surface area contributed by atoms with Crippen LogP contribution in [0.2, 0.25) is 0 Å². The molecule has 6 nitrogen and oxygen atoms in total. The lowest BCUT2D eigenvalue weighted by Gasteiger charge is -2.40. The van der Waals surface area contributed by atoms with Gasteiger partial charge in [-0.3, -0.25) is 0 Å². The molecule has 386 valence electrons. The average molecular weight is 1090 g/mol. The summed E-state index contributed by atoms with van der Waals surface area (Å²) in [5.74, 6) is 1.39. The van der Waals surface area contributed by atoms with Crippen LogP contribution in [0.5, 0.6) is 11.5 Å². The average Bonchev–Trinajstić information content (AvgIpc) is 2.38. The first kappa shape index (κ1) is 48.2. The van der Waals surface area contributed by atoms with Crippen molar-refractivity contribution in [3.63, 3.8) is 0 Å². The number of nitrogens with zero attached hydrogens (tertiary/aromatic N) is 5. The van der Waals surface area contributed by atoms with Gasteiger partial charge in [0.1, 0.15) is 11.5 Å². The van der Waals surface area contributed by atoms with E-state index < -0.39 is 0 Å². The monoisotopic (exact) mass is 1090 g/mol. The summed E-state index contributed by atoms with van der Waals surface area (Å²) in [6, 6.07) is 108.